The number of sulfonamides is 1. The number of fused-ring (bicyclic) bond motifs is 1. The first-order chi connectivity index (χ1) is 12.4. The topological polar surface area (TPSA) is 53.2 Å². The van der Waals surface area contributed by atoms with Crippen molar-refractivity contribution in [3.8, 4) is 0 Å². The van der Waals surface area contributed by atoms with Crippen molar-refractivity contribution in [1.82, 2.24) is 9.29 Å². The molecule has 1 aliphatic heterocycles. The zero-order valence-corrected chi connectivity index (χ0v) is 15.4. The Morgan fingerprint density at radius 2 is 1.81 bits per heavy atom. The van der Waals surface area contributed by atoms with Gasteiger partial charge in [0.1, 0.15) is 5.82 Å². The smallest absolute Gasteiger partial charge is 0.243 e. The zero-order chi connectivity index (χ0) is 18.3. The maximum absolute atomic E-state index is 13.4. The van der Waals surface area contributed by atoms with Gasteiger partial charge in [-0.2, -0.15) is 4.31 Å². The summed E-state index contributed by atoms with van der Waals surface area (Å²) in [7, 11) is -3.58. The average Bonchev–Trinajstić information content (AvgIpc) is 3.08. The molecule has 2 heterocycles. The number of hydrogen-bond acceptors (Lipinski definition) is 2. The Hall–Kier alpha value is -2.18. The van der Waals surface area contributed by atoms with Crippen molar-refractivity contribution in [3.05, 3.63) is 65.6 Å². The number of hydrogen-bond donors (Lipinski definition) is 1. The largest absolute Gasteiger partial charge is 0.358 e. The predicted molar refractivity (Wildman–Crippen MR) is 100 cm³/mol. The number of rotatable bonds is 3. The fourth-order valence-electron chi connectivity index (χ4n) is 3.65. The van der Waals surface area contributed by atoms with Crippen molar-refractivity contribution < 1.29 is 12.8 Å². The summed E-state index contributed by atoms with van der Waals surface area (Å²) < 4.78 is 40.6. The Labute approximate surface area is 152 Å². The fourth-order valence-corrected chi connectivity index (χ4v) is 5.21. The van der Waals surface area contributed by atoms with Crippen molar-refractivity contribution in [2.45, 2.75) is 30.6 Å². The van der Waals surface area contributed by atoms with E-state index in [0.29, 0.717) is 24.6 Å². The quantitative estimate of drug-likeness (QED) is 0.750. The SMILES string of the molecule is Cc1cc(S(=O)(=O)N2CCC(c3cc4ccccc4[nH]3)CC2)ccc1F. The van der Waals surface area contributed by atoms with Crippen LogP contribution in [0.15, 0.2) is 53.4 Å². The third kappa shape index (κ3) is 3.04. The summed E-state index contributed by atoms with van der Waals surface area (Å²) in [5.41, 5.74) is 2.62. The van der Waals surface area contributed by atoms with Crippen LogP contribution < -0.4 is 0 Å². The van der Waals surface area contributed by atoms with Crippen molar-refractivity contribution in [1.29, 1.82) is 0 Å². The van der Waals surface area contributed by atoms with Gasteiger partial charge in [0.15, 0.2) is 0 Å². The van der Waals surface area contributed by atoms with Crippen LogP contribution in [0.3, 0.4) is 0 Å². The minimum Gasteiger partial charge on any atom is -0.358 e. The molecule has 1 N–H and O–H groups in total. The molecule has 2 aromatic carbocycles. The van der Waals surface area contributed by atoms with Crippen molar-refractivity contribution >= 4 is 20.9 Å². The molecule has 0 aliphatic carbocycles. The zero-order valence-electron chi connectivity index (χ0n) is 14.6. The van der Waals surface area contributed by atoms with Crippen LogP contribution >= 0.6 is 0 Å². The molecule has 0 saturated carbocycles. The summed E-state index contributed by atoms with van der Waals surface area (Å²) >= 11 is 0. The molecule has 1 saturated heterocycles. The van der Waals surface area contributed by atoms with E-state index in [1.165, 1.54) is 33.6 Å². The molecule has 0 spiro atoms. The van der Waals surface area contributed by atoms with E-state index in [-0.39, 0.29) is 10.7 Å². The number of nitrogens with zero attached hydrogens (tertiary/aromatic N) is 1. The summed E-state index contributed by atoms with van der Waals surface area (Å²) in [6.07, 6.45) is 1.54. The van der Waals surface area contributed by atoms with E-state index < -0.39 is 10.0 Å². The molecule has 26 heavy (non-hydrogen) atoms. The summed E-state index contributed by atoms with van der Waals surface area (Å²) in [6.45, 7) is 2.52. The molecule has 3 aromatic rings. The predicted octanol–water partition coefficient (Wildman–Crippen LogP) is 4.18. The second-order valence-corrected chi connectivity index (χ2v) is 8.84. The minimum atomic E-state index is -3.58. The summed E-state index contributed by atoms with van der Waals surface area (Å²) in [5, 5.41) is 1.18. The molecule has 1 aromatic heterocycles. The number of H-pyrrole nitrogens is 1. The van der Waals surface area contributed by atoms with Crippen LogP contribution in [0.5, 0.6) is 0 Å². The lowest BCUT2D eigenvalue weighted by molar-refractivity contribution is 0.317. The molecular formula is C20H21FN2O2S. The van der Waals surface area contributed by atoms with Gasteiger partial charge in [0.25, 0.3) is 0 Å². The standard InChI is InChI=1S/C20H21FN2O2S/c1-14-12-17(6-7-18(14)21)26(24,25)23-10-8-15(9-11-23)20-13-16-4-2-3-5-19(16)22-20/h2-7,12-13,15,22H,8-11H2,1H3. The van der Waals surface area contributed by atoms with Crippen LogP contribution in [0, 0.1) is 12.7 Å². The van der Waals surface area contributed by atoms with Crippen molar-refractivity contribution in [3.63, 3.8) is 0 Å². The van der Waals surface area contributed by atoms with Crippen LogP contribution in [0.25, 0.3) is 10.9 Å². The highest BCUT2D eigenvalue weighted by molar-refractivity contribution is 7.89. The first-order valence-corrected chi connectivity index (χ1v) is 10.2. The van der Waals surface area contributed by atoms with Crippen LogP contribution in [0.4, 0.5) is 4.39 Å². The van der Waals surface area contributed by atoms with E-state index in [2.05, 4.69) is 23.2 Å². The fraction of sp³-hybridized carbons (Fsp3) is 0.300. The molecule has 0 atom stereocenters. The van der Waals surface area contributed by atoms with Gasteiger partial charge >= 0.3 is 0 Å². The van der Waals surface area contributed by atoms with E-state index in [9.17, 15) is 12.8 Å². The molecule has 1 aliphatic rings. The summed E-state index contributed by atoms with van der Waals surface area (Å²) in [4.78, 5) is 3.62. The number of aromatic nitrogens is 1. The Balaban J connectivity index is 1.51. The van der Waals surface area contributed by atoms with Crippen LogP contribution in [0.1, 0.15) is 30.0 Å². The first kappa shape index (κ1) is 17.2. The molecule has 0 unspecified atom stereocenters. The number of nitrogens with one attached hydrogen (secondary N) is 1. The third-order valence-electron chi connectivity index (χ3n) is 5.21. The van der Waals surface area contributed by atoms with Gasteiger partial charge in [0.05, 0.1) is 4.90 Å². The van der Waals surface area contributed by atoms with Crippen LogP contribution in [-0.2, 0) is 10.0 Å². The first-order valence-electron chi connectivity index (χ1n) is 8.79. The monoisotopic (exact) mass is 372 g/mol. The van der Waals surface area contributed by atoms with E-state index in [0.717, 1.165) is 18.4 Å². The lowest BCUT2D eigenvalue weighted by Crippen LogP contribution is -2.38. The molecule has 4 rings (SSSR count). The molecule has 6 heteroatoms. The van der Waals surface area contributed by atoms with Gasteiger partial charge in [-0.05, 0) is 61.0 Å². The second-order valence-electron chi connectivity index (χ2n) is 6.90. The maximum atomic E-state index is 13.4. The van der Waals surface area contributed by atoms with Crippen molar-refractivity contribution in [2.75, 3.05) is 13.1 Å². The molecule has 4 nitrogen and oxygen atoms in total. The number of piperidine rings is 1. The number of para-hydroxylation sites is 1. The van der Waals surface area contributed by atoms with Crippen LogP contribution in [0.2, 0.25) is 0 Å². The van der Waals surface area contributed by atoms with Gasteiger partial charge in [-0.15, -0.1) is 0 Å². The Bertz CT molecular complexity index is 1020. The highest BCUT2D eigenvalue weighted by atomic mass is 32.2. The normalized spacial score (nSPS) is 17.0. The van der Waals surface area contributed by atoms with Gasteiger partial charge in [0.2, 0.25) is 10.0 Å². The third-order valence-corrected chi connectivity index (χ3v) is 7.11. The Morgan fingerprint density at radius 1 is 1.08 bits per heavy atom. The van der Waals surface area contributed by atoms with E-state index in [1.807, 2.05) is 12.1 Å². The number of aromatic amines is 1. The van der Waals surface area contributed by atoms with E-state index >= 15 is 0 Å². The number of benzene rings is 2. The molecular weight excluding hydrogens is 351 g/mol. The molecule has 0 bridgehead atoms. The van der Waals surface area contributed by atoms with Gasteiger partial charge in [-0.1, -0.05) is 18.2 Å². The minimum absolute atomic E-state index is 0.167. The van der Waals surface area contributed by atoms with Gasteiger partial charge in [0, 0.05) is 30.2 Å². The highest BCUT2D eigenvalue weighted by Gasteiger charge is 2.30. The van der Waals surface area contributed by atoms with Gasteiger partial charge in [-0.3, -0.25) is 0 Å². The molecule has 136 valence electrons. The molecule has 1 fully saturated rings. The second kappa shape index (κ2) is 6.52. The van der Waals surface area contributed by atoms with Crippen LogP contribution in [-0.4, -0.2) is 30.8 Å². The Morgan fingerprint density at radius 3 is 2.50 bits per heavy atom. The lowest BCUT2D eigenvalue weighted by Gasteiger charge is -2.31. The number of aryl methyl sites for hydroxylation is 1. The molecule has 0 radical (unpaired) electrons. The van der Waals surface area contributed by atoms with Crippen molar-refractivity contribution in [2.24, 2.45) is 0 Å². The Kier molecular flexibility index (Phi) is 4.32. The summed E-state index contributed by atoms with van der Waals surface area (Å²) in [5.74, 6) is -0.0646. The molecule has 0 amide bonds. The number of halogens is 1. The van der Waals surface area contributed by atoms with Gasteiger partial charge in [-0.25, -0.2) is 12.8 Å². The maximum Gasteiger partial charge on any atom is 0.243 e. The van der Waals surface area contributed by atoms with E-state index in [4.69, 9.17) is 0 Å². The average molecular weight is 372 g/mol. The lowest BCUT2D eigenvalue weighted by atomic mass is 9.95. The summed E-state index contributed by atoms with van der Waals surface area (Å²) in [6, 6.07) is 14.3. The highest BCUT2D eigenvalue weighted by Crippen LogP contribution is 2.32. The van der Waals surface area contributed by atoms with Gasteiger partial charge < -0.3 is 4.98 Å². The van der Waals surface area contributed by atoms with E-state index in [1.54, 1.807) is 6.92 Å².